The Balaban J connectivity index is 1.30. The Bertz CT molecular complexity index is 1150. The van der Waals surface area contributed by atoms with Crippen molar-refractivity contribution in [2.45, 2.75) is 10.5 Å². The fraction of sp³-hybridized carbons (Fsp3) is 0.273. The predicted molar refractivity (Wildman–Crippen MR) is 125 cm³/mol. The van der Waals surface area contributed by atoms with Crippen LogP contribution in [0.4, 0.5) is 24.0 Å². The highest BCUT2D eigenvalue weighted by atomic mass is 32.2. The number of amides is 2. The van der Waals surface area contributed by atoms with E-state index in [9.17, 15) is 22.8 Å². The Hall–Kier alpha value is -3.12. The zero-order valence-corrected chi connectivity index (χ0v) is 19.4. The molecule has 0 radical (unpaired) electrons. The second kappa shape index (κ2) is 10.4. The lowest BCUT2D eigenvalue weighted by atomic mass is 10.1. The number of carbonyl (C=O) groups excluding carboxylic acids is 2. The Kier molecular flexibility index (Phi) is 7.37. The minimum absolute atomic E-state index is 0.154. The lowest BCUT2D eigenvalue weighted by molar-refractivity contribution is -0.138. The average Bonchev–Trinajstić information content (AvgIpc) is 3.32. The highest BCUT2D eigenvalue weighted by molar-refractivity contribution is 8.01. The molecule has 0 saturated carbocycles. The van der Waals surface area contributed by atoms with E-state index in [0.29, 0.717) is 22.6 Å². The summed E-state index contributed by atoms with van der Waals surface area (Å²) in [5.74, 6) is -0.602. The first kappa shape index (κ1) is 24.0. The normalized spacial score (nSPS) is 14.2. The van der Waals surface area contributed by atoms with Gasteiger partial charge in [-0.15, -0.1) is 10.2 Å². The van der Waals surface area contributed by atoms with E-state index < -0.39 is 17.6 Å². The minimum Gasteiger partial charge on any atom is -0.343 e. The molecule has 34 heavy (non-hydrogen) atoms. The van der Waals surface area contributed by atoms with Gasteiger partial charge in [-0.3, -0.25) is 9.59 Å². The topological polar surface area (TPSA) is 78.4 Å². The number of anilines is 2. The van der Waals surface area contributed by atoms with Crippen LogP contribution in [0.2, 0.25) is 0 Å². The number of aromatic nitrogens is 2. The maximum Gasteiger partial charge on any atom is 0.417 e. The molecule has 3 aromatic rings. The van der Waals surface area contributed by atoms with Gasteiger partial charge in [-0.05, 0) is 24.3 Å². The second-order valence-corrected chi connectivity index (χ2v) is 9.55. The van der Waals surface area contributed by atoms with Crippen LogP contribution in [0.1, 0.15) is 15.9 Å². The highest BCUT2D eigenvalue weighted by Crippen LogP contribution is 2.33. The minimum atomic E-state index is -4.59. The third kappa shape index (κ3) is 5.86. The maximum atomic E-state index is 13.3. The Morgan fingerprint density at radius 1 is 0.971 bits per heavy atom. The van der Waals surface area contributed by atoms with Gasteiger partial charge in [0.05, 0.1) is 16.9 Å². The van der Waals surface area contributed by atoms with E-state index in [1.165, 1.54) is 46.2 Å². The lowest BCUT2D eigenvalue weighted by Crippen LogP contribution is -2.49. The van der Waals surface area contributed by atoms with Crippen molar-refractivity contribution in [1.29, 1.82) is 0 Å². The summed E-state index contributed by atoms with van der Waals surface area (Å²) in [5.41, 5.74) is -0.548. The number of benzene rings is 2. The van der Waals surface area contributed by atoms with Crippen LogP contribution in [0, 0.1) is 0 Å². The van der Waals surface area contributed by atoms with Gasteiger partial charge in [-0.25, -0.2) is 0 Å². The number of alkyl halides is 3. The summed E-state index contributed by atoms with van der Waals surface area (Å²) in [6, 6.07) is 14.0. The lowest BCUT2D eigenvalue weighted by Gasteiger charge is -2.34. The Labute approximate surface area is 202 Å². The number of halogens is 3. The largest absolute Gasteiger partial charge is 0.417 e. The van der Waals surface area contributed by atoms with Gasteiger partial charge in [0.25, 0.3) is 5.91 Å². The summed E-state index contributed by atoms with van der Waals surface area (Å²) < 4.78 is 40.4. The van der Waals surface area contributed by atoms with Crippen molar-refractivity contribution < 1.29 is 22.8 Å². The van der Waals surface area contributed by atoms with Crippen LogP contribution in [-0.4, -0.2) is 58.8 Å². The van der Waals surface area contributed by atoms with Gasteiger partial charge < -0.3 is 15.1 Å². The van der Waals surface area contributed by atoms with Crippen LogP contribution >= 0.6 is 23.1 Å². The zero-order chi connectivity index (χ0) is 24.1. The Morgan fingerprint density at radius 3 is 2.35 bits per heavy atom. The van der Waals surface area contributed by atoms with E-state index in [-0.39, 0.29) is 30.3 Å². The van der Waals surface area contributed by atoms with E-state index in [0.717, 1.165) is 11.8 Å². The van der Waals surface area contributed by atoms with Crippen LogP contribution in [-0.2, 0) is 11.0 Å². The number of rotatable bonds is 6. The average molecular weight is 508 g/mol. The molecular formula is C22H20F3N5O2S2. The number of para-hydroxylation sites is 1. The molecule has 0 unspecified atom stereocenters. The van der Waals surface area contributed by atoms with Crippen LogP contribution in [0.15, 0.2) is 58.9 Å². The summed E-state index contributed by atoms with van der Waals surface area (Å²) in [5, 5.41) is 11.7. The van der Waals surface area contributed by atoms with Gasteiger partial charge in [0.2, 0.25) is 11.0 Å². The first-order valence-corrected chi connectivity index (χ1v) is 12.1. The van der Waals surface area contributed by atoms with E-state index >= 15 is 0 Å². The molecule has 7 nitrogen and oxygen atoms in total. The number of piperazine rings is 1. The first-order valence-electron chi connectivity index (χ1n) is 10.3. The van der Waals surface area contributed by atoms with Crippen molar-refractivity contribution in [2.75, 3.05) is 42.1 Å². The number of nitrogens with one attached hydrogen (secondary N) is 1. The van der Waals surface area contributed by atoms with Gasteiger partial charge in [-0.2, -0.15) is 13.2 Å². The molecule has 0 spiro atoms. The summed E-state index contributed by atoms with van der Waals surface area (Å²) in [4.78, 5) is 28.2. The molecule has 2 heterocycles. The molecule has 0 aliphatic carbocycles. The standard InChI is InChI=1S/C22H20F3N5O2S2/c23-22(24,25)17-9-5-4-8-16(17)19(32)29-10-12-30(13-11-29)20-27-28-21(34-20)33-14-18(31)26-15-6-2-1-3-7-15/h1-9H,10-14H2,(H,26,31). The second-order valence-electron chi connectivity index (χ2n) is 7.38. The molecule has 1 aromatic heterocycles. The molecule has 0 bridgehead atoms. The van der Waals surface area contributed by atoms with Gasteiger partial charge in [0, 0.05) is 31.9 Å². The SMILES string of the molecule is O=C(CSc1nnc(N2CCN(C(=O)c3ccccc3C(F)(F)F)CC2)s1)Nc1ccccc1. The number of hydrogen-bond donors (Lipinski definition) is 1. The zero-order valence-electron chi connectivity index (χ0n) is 17.8. The van der Waals surface area contributed by atoms with Gasteiger partial charge >= 0.3 is 6.18 Å². The third-order valence-corrected chi connectivity index (χ3v) is 7.20. The highest BCUT2D eigenvalue weighted by Gasteiger charge is 2.36. The number of thioether (sulfide) groups is 1. The van der Waals surface area contributed by atoms with Crippen molar-refractivity contribution in [3.8, 4) is 0 Å². The molecule has 12 heteroatoms. The van der Waals surface area contributed by atoms with Crippen LogP contribution in [0.5, 0.6) is 0 Å². The van der Waals surface area contributed by atoms with E-state index in [1.807, 2.05) is 23.1 Å². The molecule has 1 fully saturated rings. The van der Waals surface area contributed by atoms with Crippen molar-refractivity contribution in [2.24, 2.45) is 0 Å². The number of hydrogen-bond acceptors (Lipinski definition) is 7. The van der Waals surface area contributed by atoms with Crippen LogP contribution < -0.4 is 10.2 Å². The fourth-order valence-electron chi connectivity index (χ4n) is 3.42. The smallest absolute Gasteiger partial charge is 0.343 e. The molecule has 4 rings (SSSR count). The van der Waals surface area contributed by atoms with E-state index in [4.69, 9.17) is 0 Å². The molecule has 0 atom stereocenters. The number of carbonyl (C=O) groups is 2. The quantitative estimate of drug-likeness (QED) is 0.503. The number of nitrogens with zero attached hydrogens (tertiary/aromatic N) is 4. The summed E-state index contributed by atoms with van der Waals surface area (Å²) in [7, 11) is 0. The van der Waals surface area contributed by atoms with E-state index in [1.54, 1.807) is 12.1 Å². The first-order chi connectivity index (χ1) is 16.3. The molecule has 2 amide bonds. The van der Waals surface area contributed by atoms with Crippen molar-refractivity contribution >= 4 is 45.7 Å². The van der Waals surface area contributed by atoms with Gasteiger partial charge in [-0.1, -0.05) is 53.4 Å². The van der Waals surface area contributed by atoms with Crippen molar-refractivity contribution in [1.82, 2.24) is 15.1 Å². The molecule has 1 aliphatic heterocycles. The summed E-state index contributed by atoms with van der Waals surface area (Å²) in [6.07, 6.45) is -4.59. The molecule has 2 aromatic carbocycles. The van der Waals surface area contributed by atoms with Gasteiger partial charge in [0.15, 0.2) is 4.34 Å². The molecule has 1 N–H and O–H groups in total. The predicted octanol–water partition coefficient (Wildman–Crippen LogP) is 4.25. The Morgan fingerprint density at radius 2 is 1.65 bits per heavy atom. The monoisotopic (exact) mass is 507 g/mol. The molecule has 1 saturated heterocycles. The fourth-order valence-corrected chi connectivity index (χ4v) is 5.12. The summed E-state index contributed by atoms with van der Waals surface area (Å²) >= 11 is 2.61. The maximum absolute atomic E-state index is 13.3. The van der Waals surface area contributed by atoms with E-state index in [2.05, 4.69) is 15.5 Å². The van der Waals surface area contributed by atoms with Crippen molar-refractivity contribution in [3.05, 3.63) is 65.7 Å². The van der Waals surface area contributed by atoms with Crippen LogP contribution in [0.3, 0.4) is 0 Å². The molecule has 1 aliphatic rings. The van der Waals surface area contributed by atoms with Crippen molar-refractivity contribution in [3.63, 3.8) is 0 Å². The summed E-state index contributed by atoms with van der Waals surface area (Å²) in [6.45, 7) is 1.39. The molecular weight excluding hydrogens is 487 g/mol. The van der Waals surface area contributed by atoms with Crippen LogP contribution in [0.25, 0.3) is 0 Å². The van der Waals surface area contributed by atoms with Gasteiger partial charge in [0.1, 0.15) is 0 Å². The third-order valence-electron chi connectivity index (χ3n) is 5.08. The molecule has 178 valence electrons.